The van der Waals surface area contributed by atoms with Crippen LogP contribution < -0.4 is 10.6 Å². The van der Waals surface area contributed by atoms with Gasteiger partial charge in [0.2, 0.25) is 0 Å². The summed E-state index contributed by atoms with van der Waals surface area (Å²) in [6.07, 6.45) is -0.527. The van der Waals surface area contributed by atoms with Crippen LogP contribution in [0.5, 0.6) is 0 Å². The number of alkyl carbamates (subject to hydrolysis) is 1. The summed E-state index contributed by atoms with van der Waals surface area (Å²) < 4.78 is 10.6. The molecule has 0 aromatic carbocycles. The smallest absolute Gasteiger partial charge is 0.408 e. The molecule has 1 atom stereocenters. The lowest BCUT2D eigenvalue weighted by molar-refractivity contribution is 0.0520. The molecule has 130 valence electrons. The molecule has 0 fully saturated rings. The summed E-state index contributed by atoms with van der Waals surface area (Å²) in [4.78, 5) is 23.7. The first-order valence-electron chi connectivity index (χ1n) is 7.75. The van der Waals surface area contributed by atoms with Crippen molar-refractivity contribution in [3.8, 4) is 0 Å². The molecule has 0 spiro atoms. The summed E-state index contributed by atoms with van der Waals surface area (Å²) in [5.74, 6) is 0.447. The lowest BCUT2D eigenvalue weighted by Gasteiger charge is -2.27. The van der Waals surface area contributed by atoms with E-state index in [0.29, 0.717) is 5.76 Å². The summed E-state index contributed by atoms with van der Waals surface area (Å²) >= 11 is 0. The van der Waals surface area contributed by atoms with Crippen LogP contribution in [0.4, 0.5) is 4.79 Å². The van der Waals surface area contributed by atoms with E-state index in [1.54, 1.807) is 32.9 Å². The fourth-order valence-electron chi connectivity index (χ4n) is 1.55. The van der Waals surface area contributed by atoms with Crippen molar-refractivity contribution >= 4 is 12.0 Å². The highest BCUT2D eigenvalue weighted by Gasteiger charge is 2.23. The monoisotopic (exact) mass is 324 g/mol. The molecule has 6 nitrogen and oxygen atoms in total. The lowest BCUT2D eigenvalue weighted by Crippen LogP contribution is -2.41. The standard InChI is InChI=1S/C17H28N2O4/c1-11(16(2,3)4)19-14(20)13-9-8-12(22-13)10-18-15(21)23-17(5,6)7/h8-9,11H,10H2,1-7H3,(H,18,21)(H,19,20)/t11-/m1/s1. The van der Waals surface area contributed by atoms with Gasteiger partial charge in [0.05, 0.1) is 6.54 Å². The van der Waals surface area contributed by atoms with E-state index >= 15 is 0 Å². The zero-order valence-electron chi connectivity index (χ0n) is 15.1. The highest BCUT2D eigenvalue weighted by atomic mass is 16.6. The normalized spacial score (nSPS) is 13.3. The number of rotatable bonds is 4. The van der Waals surface area contributed by atoms with Crippen molar-refractivity contribution in [2.24, 2.45) is 5.41 Å². The fourth-order valence-corrected chi connectivity index (χ4v) is 1.55. The van der Waals surface area contributed by atoms with Crippen LogP contribution in [0.1, 0.15) is 64.8 Å². The van der Waals surface area contributed by atoms with Gasteiger partial charge in [-0.1, -0.05) is 20.8 Å². The molecule has 1 rings (SSSR count). The highest BCUT2D eigenvalue weighted by molar-refractivity contribution is 5.91. The molecule has 0 unspecified atom stereocenters. The first-order chi connectivity index (χ1) is 10.4. The van der Waals surface area contributed by atoms with Gasteiger partial charge in [-0.05, 0) is 45.2 Å². The quantitative estimate of drug-likeness (QED) is 0.888. The van der Waals surface area contributed by atoms with Crippen LogP contribution in [-0.2, 0) is 11.3 Å². The molecular weight excluding hydrogens is 296 g/mol. The molecule has 1 aromatic heterocycles. The topological polar surface area (TPSA) is 80.6 Å². The Bertz CT molecular complexity index is 550. The SMILES string of the molecule is C[C@@H](NC(=O)c1ccc(CNC(=O)OC(C)(C)C)o1)C(C)(C)C. The van der Waals surface area contributed by atoms with Gasteiger partial charge in [0.1, 0.15) is 11.4 Å². The molecule has 6 heteroatoms. The van der Waals surface area contributed by atoms with Crippen LogP contribution in [0, 0.1) is 5.41 Å². The first kappa shape index (κ1) is 19.1. The van der Waals surface area contributed by atoms with E-state index in [9.17, 15) is 9.59 Å². The van der Waals surface area contributed by atoms with Crippen LogP contribution in [0.3, 0.4) is 0 Å². The Labute approximate surface area is 138 Å². The lowest BCUT2D eigenvalue weighted by atomic mass is 9.88. The van der Waals surface area contributed by atoms with Crippen molar-refractivity contribution in [1.82, 2.24) is 10.6 Å². The van der Waals surface area contributed by atoms with Crippen LogP contribution >= 0.6 is 0 Å². The molecule has 0 bridgehead atoms. The fraction of sp³-hybridized carbons (Fsp3) is 0.647. The summed E-state index contributed by atoms with van der Waals surface area (Å²) in [5, 5.41) is 5.49. The van der Waals surface area contributed by atoms with Crippen molar-refractivity contribution in [3.05, 3.63) is 23.7 Å². The zero-order valence-corrected chi connectivity index (χ0v) is 15.1. The van der Waals surface area contributed by atoms with Gasteiger partial charge < -0.3 is 19.8 Å². The maximum Gasteiger partial charge on any atom is 0.408 e. The van der Waals surface area contributed by atoms with E-state index in [4.69, 9.17) is 9.15 Å². The van der Waals surface area contributed by atoms with E-state index in [1.807, 2.05) is 6.92 Å². The van der Waals surface area contributed by atoms with Crippen LogP contribution in [0.2, 0.25) is 0 Å². The second-order valence-electron chi connectivity index (χ2n) is 7.68. The average molecular weight is 324 g/mol. The molecule has 0 aliphatic rings. The third-order valence-electron chi connectivity index (χ3n) is 3.34. The maximum absolute atomic E-state index is 12.1. The number of ether oxygens (including phenoxy) is 1. The van der Waals surface area contributed by atoms with Gasteiger partial charge in [0.25, 0.3) is 5.91 Å². The number of hydrogen-bond acceptors (Lipinski definition) is 4. The molecule has 1 aromatic rings. The third kappa shape index (κ3) is 6.76. The number of amides is 2. The van der Waals surface area contributed by atoms with Gasteiger partial charge in [0, 0.05) is 6.04 Å². The van der Waals surface area contributed by atoms with E-state index in [-0.39, 0.29) is 29.7 Å². The molecule has 2 N–H and O–H groups in total. The first-order valence-corrected chi connectivity index (χ1v) is 7.75. The molecule has 0 radical (unpaired) electrons. The summed E-state index contributed by atoms with van der Waals surface area (Å²) in [6, 6.07) is 3.26. The summed E-state index contributed by atoms with van der Waals surface area (Å²) in [5.41, 5.74) is -0.593. The minimum atomic E-state index is -0.554. The number of hydrogen-bond donors (Lipinski definition) is 2. The van der Waals surface area contributed by atoms with Crippen molar-refractivity contribution in [2.45, 2.75) is 66.7 Å². The Hall–Kier alpha value is -1.98. The Morgan fingerprint density at radius 2 is 1.78 bits per heavy atom. The molecule has 0 aliphatic heterocycles. The van der Waals surface area contributed by atoms with Crippen LogP contribution in [0.15, 0.2) is 16.5 Å². The number of furan rings is 1. The predicted octanol–water partition coefficient (Wildman–Crippen LogP) is 3.47. The Morgan fingerprint density at radius 1 is 1.17 bits per heavy atom. The van der Waals surface area contributed by atoms with E-state index in [2.05, 4.69) is 31.4 Å². The van der Waals surface area contributed by atoms with E-state index < -0.39 is 11.7 Å². The predicted molar refractivity (Wildman–Crippen MR) is 88.2 cm³/mol. The average Bonchev–Trinajstić information content (AvgIpc) is 2.81. The Kier molecular flexibility index (Phi) is 5.86. The maximum atomic E-state index is 12.1. The van der Waals surface area contributed by atoms with Crippen LogP contribution in [-0.4, -0.2) is 23.6 Å². The zero-order chi connectivity index (χ0) is 17.8. The van der Waals surface area contributed by atoms with Gasteiger partial charge >= 0.3 is 6.09 Å². The second kappa shape index (κ2) is 7.06. The van der Waals surface area contributed by atoms with Crippen molar-refractivity contribution in [2.75, 3.05) is 0 Å². The molecule has 1 heterocycles. The van der Waals surface area contributed by atoms with Crippen molar-refractivity contribution in [1.29, 1.82) is 0 Å². The van der Waals surface area contributed by atoms with Gasteiger partial charge in [-0.2, -0.15) is 0 Å². The van der Waals surface area contributed by atoms with E-state index in [1.165, 1.54) is 0 Å². The van der Waals surface area contributed by atoms with Crippen molar-refractivity contribution < 1.29 is 18.7 Å². The van der Waals surface area contributed by atoms with Gasteiger partial charge in [-0.15, -0.1) is 0 Å². The molecule has 2 amide bonds. The highest BCUT2D eigenvalue weighted by Crippen LogP contribution is 2.19. The molecule has 0 saturated carbocycles. The summed E-state index contributed by atoms with van der Waals surface area (Å²) in [7, 11) is 0. The second-order valence-corrected chi connectivity index (χ2v) is 7.68. The third-order valence-corrected chi connectivity index (χ3v) is 3.34. The number of carbonyl (C=O) groups excluding carboxylic acids is 2. The number of nitrogens with one attached hydrogen (secondary N) is 2. The Morgan fingerprint density at radius 3 is 2.30 bits per heavy atom. The largest absolute Gasteiger partial charge is 0.454 e. The molecule has 23 heavy (non-hydrogen) atoms. The minimum absolute atomic E-state index is 0.00318. The van der Waals surface area contributed by atoms with Gasteiger partial charge in [-0.3, -0.25) is 4.79 Å². The molecular formula is C17H28N2O4. The minimum Gasteiger partial charge on any atom is -0.454 e. The van der Waals surface area contributed by atoms with Gasteiger partial charge in [0.15, 0.2) is 5.76 Å². The van der Waals surface area contributed by atoms with Crippen LogP contribution in [0.25, 0.3) is 0 Å². The van der Waals surface area contributed by atoms with E-state index in [0.717, 1.165) is 0 Å². The summed E-state index contributed by atoms with van der Waals surface area (Å²) in [6.45, 7) is 13.6. The van der Waals surface area contributed by atoms with Crippen molar-refractivity contribution in [3.63, 3.8) is 0 Å². The van der Waals surface area contributed by atoms with Gasteiger partial charge in [-0.25, -0.2) is 4.79 Å². The Balaban J connectivity index is 2.55. The molecule has 0 saturated heterocycles. The molecule has 0 aliphatic carbocycles. The number of carbonyl (C=O) groups is 2.